The number of nitrogens with zero attached hydrogens (tertiary/aromatic N) is 4. The van der Waals surface area contributed by atoms with Crippen LogP contribution in [0.25, 0.3) is 10.8 Å². The van der Waals surface area contributed by atoms with Crippen molar-refractivity contribution < 1.29 is 4.79 Å². The Kier molecular flexibility index (Phi) is 3.80. The Bertz CT molecular complexity index is 840. The number of pyridine rings is 2. The van der Waals surface area contributed by atoms with Crippen LogP contribution in [-0.4, -0.2) is 30.1 Å². The third-order valence-electron chi connectivity index (χ3n) is 3.60. The van der Waals surface area contributed by atoms with Gasteiger partial charge in [0.05, 0.1) is 5.69 Å². The number of benzene rings is 1. The number of nitrogens with two attached hydrogens (primary N) is 1. The van der Waals surface area contributed by atoms with Gasteiger partial charge in [-0.1, -0.05) is 0 Å². The average molecular weight is 307 g/mol. The highest BCUT2D eigenvalue weighted by Gasteiger charge is 2.19. The summed E-state index contributed by atoms with van der Waals surface area (Å²) < 4.78 is 0. The largest absolute Gasteiger partial charge is 0.378 e. The molecule has 0 saturated carbocycles. The number of amides is 2. The Hall–Kier alpha value is -3.15. The number of primary amides is 1. The van der Waals surface area contributed by atoms with E-state index < -0.39 is 6.03 Å². The van der Waals surface area contributed by atoms with Gasteiger partial charge < -0.3 is 10.6 Å². The van der Waals surface area contributed by atoms with Gasteiger partial charge in [0, 0.05) is 43.8 Å². The lowest BCUT2D eigenvalue weighted by Crippen LogP contribution is -2.32. The van der Waals surface area contributed by atoms with Gasteiger partial charge in [-0.05, 0) is 41.8 Å². The van der Waals surface area contributed by atoms with Gasteiger partial charge in [0.2, 0.25) is 0 Å². The number of aromatic nitrogens is 2. The lowest BCUT2D eigenvalue weighted by Gasteiger charge is -2.22. The molecule has 116 valence electrons. The van der Waals surface area contributed by atoms with Crippen LogP contribution in [0.3, 0.4) is 0 Å². The Morgan fingerprint density at radius 1 is 1.00 bits per heavy atom. The predicted molar refractivity (Wildman–Crippen MR) is 92.0 cm³/mol. The smallest absolute Gasteiger partial charge is 0.325 e. The van der Waals surface area contributed by atoms with Gasteiger partial charge in [-0.2, -0.15) is 0 Å². The van der Waals surface area contributed by atoms with Gasteiger partial charge in [-0.15, -0.1) is 0 Å². The van der Waals surface area contributed by atoms with Gasteiger partial charge in [-0.25, -0.2) is 14.7 Å². The molecule has 2 aromatic heterocycles. The molecule has 0 radical (unpaired) electrons. The van der Waals surface area contributed by atoms with E-state index in [9.17, 15) is 4.79 Å². The van der Waals surface area contributed by atoms with E-state index >= 15 is 0 Å². The molecule has 0 bridgehead atoms. The van der Waals surface area contributed by atoms with Crippen LogP contribution in [-0.2, 0) is 0 Å². The van der Waals surface area contributed by atoms with Gasteiger partial charge in [0.1, 0.15) is 0 Å². The van der Waals surface area contributed by atoms with E-state index in [-0.39, 0.29) is 0 Å². The number of anilines is 3. The summed E-state index contributed by atoms with van der Waals surface area (Å²) in [6.45, 7) is 0. The number of hydrogen-bond acceptors (Lipinski definition) is 4. The second-order valence-corrected chi connectivity index (χ2v) is 5.32. The Morgan fingerprint density at radius 2 is 1.65 bits per heavy atom. The molecule has 2 heterocycles. The van der Waals surface area contributed by atoms with E-state index in [2.05, 4.69) is 9.97 Å². The van der Waals surface area contributed by atoms with Crippen LogP contribution in [0.15, 0.2) is 55.0 Å². The highest BCUT2D eigenvalue weighted by molar-refractivity contribution is 6.05. The molecule has 6 heteroatoms. The summed E-state index contributed by atoms with van der Waals surface area (Å²) in [5.41, 5.74) is 7.30. The number of hydrogen-bond donors (Lipinski definition) is 1. The number of urea groups is 1. The highest BCUT2D eigenvalue weighted by atomic mass is 16.2. The van der Waals surface area contributed by atoms with Crippen LogP contribution in [0.1, 0.15) is 0 Å². The maximum Gasteiger partial charge on any atom is 0.325 e. The van der Waals surface area contributed by atoms with Crippen LogP contribution >= 0.6 is 0 Å². The summed E-state index contributed by atoms with van der Waals surface area (Å²) in [6, 6.07) is 10.7. The summed E-state index contributed by atoms with van der Waals surface area (Å²) in [7, 11) is 3.91. The molecule has 0 fully saturated rings. The standard InChI is InChI=1S/C17H17N5O/c1-21(2)13-3-5-14(6-4-13)22(17(18)23)16-15-11-19-9-7-12(15)8-10-20-16/h3-11H,1-2H3,(H2,18,23). The van der Waals surface area contributed by atoms with Crippen molar-refractivity contribution in [3.8, 4) is 0 Å². The van der Waals surface area contributed by atoms with Crippen LogP contribution in [0.4, 0.5) is 22.0 Å². The molecule has 0 aliphatic rings. The van der Waals surface area contributed by atoms with Crippen molar-refractivity contribution in [2.45, 2.75) is 0 Å². The SMILES string of the molecule is CN(C)c1ccc(N(C(N)=O)c2nccc3ccncc23)cc1. The van der Waals surface area contributed by atoms with E-state index in [0.29, 0.717) is 11.5 Å². The predicted octanol–water partition coefficient (Wildman–Crippen LogP) is 2.91. The molecule has 6 nitrogen and oxygen atoms in total. The molecule has 0 aliphatic carbocycles. The third-order valence-corrected chi connectivity index (χ3v) is 3.60. The van der Waals surface area contributed by atoms with Crippen molar-refractivity contribution in [1.29, 1.82) is 0 Å². The minimum Gasteiger partial charge on any atom is -0.378 e. The van der Waals surface area contributed by atoms with Crippen LogP contribution in [0.2, 0.25) is 0 Å². The van der Waals surface area contributed by atoms with Gasteiger partial charge in [0.15, 0.2) is 5.82 Å². The zero-order chi connectivity index (χ0) is 16.4. The summed E-state index contributed by atoms with van der Waals surface area (Å²) >= 11 is 0. The summed E-state index contributed by atoms with van der Waals surface area (Å²) in [6.07, 6.45) is 5.04. The first-order chi connectivity index (χ1) is 11.1. The van der Waals surface area contributed by atoms with E-state index in [1.165, 1.54) is 4.90 Å². The van der Waals surface area contributed by atoms with Crippen molar-refractivity contribution in [2.75, 3.05) is 23.9 Å². The van der Waals surface area contributed by atoms with Crippen molar-refractivity contribution in [3.63, 3.8) is 0 Å². The van der Waals surface area contributed by atoms with Crippen LogP contribution < -0.4 is 15.5 Å². The first-order valence-corrected chi connectivity index (χ1v) is 7.13. The number of fused-ring (bicyclic) bond motifs is 1. The van der Waals surface area contributed by atoms with Crippen LogP contribution in [0, 0.1) is 0 Å². The van der Waals surface area contributed by atoms with E-state index in [4.69, 9.17) is 5.73 Å². The molecule has 0 spiro atoms. The molecule has 0 atom stereocenters. The van der Waals surface area contributed by atoms with Gasteiger partial charge in [0.25, 0.3) is 0 Å². The number of carbonyl (C=O) groups excluding carboxylic acids is 1. The molecule has 1 aromatic carbocycles. The molecule has 2 amide bonds. The second kappa shape index (κ2) is 5.92. The van der Waals surface area contributed by atoms with Crippen molar-refractivity contribution in [3.05, 3.63) is 55.0 Å². The van der Waals surface area contributed by atoms with E-state index in [1.54, 1.807) is 18.6 Å². The molecule has 23 heavy (non-hydrogen) atoms. The molecule has 0 unspecified atom stereocenters. The lowest BCUT2D eigenvalue weighted by molar-refractivity contribution is 0.256. The average Bonchev–Trinajstić information content (AvgIpc) is 2.55. The number of rotatable bonds is 3. The molecule has 0 saturated heterocycles. The summed E-state index contributed by atoms with van der Waals surface area (Å²) in [5, 5.41) is 1.71. The third kappa shape index (κ3) is 2.78. The maximum absolute atomic E-state index is 12.0. The zero-order valence-corrected chi connectivity index (χ0v) is 13.0. The zero-order valence-electron chi connectivity index (χ0n) is 13.0. The summed E-state index contributed by atoms with van der Waals surface area (Å²) in [5.74, 6) is 0.473. The molecule has 2 N–H and O–H groups in total. The van der Waals surface area contributed by atoms with Crippen molar-refractivity contribution >= 4 is 34.0 Å². The normalized spacial score (nSPS) is 10.5. The van der Waals surface area contributed by atoms with Gasteiger partial charge >= 0.3 is 6.03 Å². The molecular weight excluding hydrogens is 290 g/mol. The topological polar surface area (TPSA) is 75.3 Å². The first-order valence-electron chi connectivity index (χ1n) is 7.13. The van der Waals surface area contributed by atoms with E-state index in [1.807, 2.05) is 55.4 Å². The lowest BCUT2D eigenvalue weighted by atomic mass is 10.2. The second-order valence-electron chi connectivity index (χ2n) is 5.32. The first kappa shape index (κ1) is 14.8. The Balaban J connectivity index is 2.13. The highest BCUT2D eigenvalue weighted by Crippen LogP contribution is 2.30. The Labute approximate surface area is 134 Å². The molecule has 0 aliphatic heterocycles. The van der Waals surface area contributed by atoms with Gasteiger partial charge in [-0.3, -0.25) is 4.98 Å². The Morgan fingerprint density at radius 3 is 2.30 bits per heavy atom. The quantitative estimate of drug-likeness (QED) is 0.807. The summed E-state index contributed by atoms with van der Waals surface area (Å²) in [4.78, 5) is 23.9. The van der Waals surface area contributed by atoms with E-state index in [0.717, 1.165) is 16.5 Å². The van der Waals surface area contributed by atoms with Crippen molar-refractivity contribution in [1.82, 2.24) is 9.97 Å². The van der Waals surface area contributed by atoms with Crippen molar-refractivity contribution in [2.24, 2.45) is 5.73 Å². The molecular formula is C17H17N5O. The monoisotopic (exact) mass is 307 g/mol. The molecule has 3 aromatic rings. The van der Waals surface area contributed by atoms with Crippen LogP contribution in [0.5, 0.6) is 0 Å². The minimum atomic E-state index is -0.591. The fraction of sp³-hybridized carbons (Fsp3) is 0.118. The minimum absolute atomic E-state index is 0.473. The maximum atomic E-state index is 12.0. The fourth-order valence-electron chi connectivity index (χ4n) is 2.43. The number of carbonyl (C=O) groups is 1. The molecule has 3 rings (SSSR count). The fourth-order valence-corrected chi connectivity index (χ4v) is 2.43.